The maximum atomic E-state index is 10.3. The summed E-state index contributed by atoms with van der Waals surface area (Å²) in [5, 5.41) is 0. The van der Waals surface area contributed by atoms with Gasteiger partial charge in [-0.15, -0.1) is 0 Å². The van der Waals surface area contributed by atoms with E-state index >= 15 is 0 Å². The molecule has 2 unspecified atom stereocenters. The van der Waals surface area contributed by atoms with E-state index in [2.05, 4.69) is 9.98 Å². The molecule has 17 heavy (non-hydrogen) atoms. The van der Waals surface area contributed by atoms with Crippen LogP contribution < -0.4 is 0 Å². The molecule has 0 saturated heterocycles. The minimum absolute atomic E-state index is 0.126. The highest BCUT2D eigenvalue weighted by atomic mass is 16.1. The van der Waals surface area contributed by atoms with Crippen LogP contribution in [0.15, 0.2) is 40.3 Å². The fourth-order valence-corrected chi connectivity index (χ4v) is 1.96. The average molecular weight is 230 g/mol. The van der Waals surface area contributed by atoms with E-state index in [-0.39, 0.29) is 18.0 Å². The third-order valence-electron chi connectivity index (χ3n) is 2.74. The predicted molar refractivity (Wildman–Crippen MR) is 64.4 cm³/mol. The van der Waals surface area contributed by atoms with Crippen LogP contribution in [0.4, 0.5) is 0 Å². The first-order chi connectivity index (χ1) is 8.20. The van der Waals surface area contributed by atoms with Gasteiger partial charge in [0.1, 0.15) is 0 Å². The summed E-state index contributed by atoms with van der Waals surface area (Å²) in [4.78, 5) is 28.1. The molecule has 0 heterocycles. The van der Waals surface area contributed by atoms with Gasteiger partial charge in [0.2, 0.25) is 12.2 Å². The van der Waals surface area contributed by atoms with Gasteiger partial charge in [0.15, 0.2) is 0 Å². The van der Waals surface area contributed by atoms with Gasteiger partial charge >= 0.3 is 0 Å². The number of nitrogens with zero attached hydrogens (tertiary/aromatic N) is 2. The van der Waals surface area contributed by atoms with Crippen LogP contribution in [0.1, 0.15) is 25.3 Å². The highest BCUT2D eigenvalue weighted by Crippen LogP contribution is 2.27. The third-order valence-corrected chi connectivity index (χ3v) is 2.74. The molecule has 4 heteroatoms. The zero-order valence-corrected chi connectivity index (χ0v) is 9.83. The van der Waals surface area contributed by atoms with Crippen molar-refractivity contribution >= 4 is 12.2 Å². The van der Waals surface area contributed by atoms with Crippen molar-refractivity contribution in [3.63, 3.8) is 0 Å². The second-order valence-corrected chi connectivity index (χ2v) is 3.86. The van der Waals surface area contributed by atoms with Gasteiger partial charge in [0.25, 0.3) is 0 Å². The molecular formula is C13H14N2O2. The molecule has 0 bridgehead atoms. The molecular weight excluding hydrogens is 216 g/mol. The number of rotatable bonds is 5. The predicted octanol–water partition coefficient (Wildman–Crippen LogP) is 2.22. The molecule has 0 fully saturated rings. The average Bonchev–Trinajstić information content (AvgIpc) is 2.31. The van der Waals surface area contributed by atoms with Crippen LogP contribution in [0.2, 0.25) is 0 Å². The molecule has 1 aromatic carbocycles. The Labute approximate surface area is 100 Å². The Balaban J connectivity index is 3.10. The van der Waals surface area contributed by atoms with E-state index in [1.54, 1.807) is 26.0 Å². The van der Waals surface area contributed by atoms with Gasteiger partial charge in [0, 0.05) is 5.92 Å². The maximum Gasteiger partial charge on any atom is 0.235 e. The van der Waals surface area contributed by atoms with Crippen LogP contribution in [-0.2, 0) is 9.59 Å². The Morgan fingerprint density at radius 3 is 1.82 bits per heavy atom. The number of carbonyl (C=O) groups excluding carboxylic acids is 2. The normalized spacial score (nSPS) is 14.9. The summed E-state index contributed by atoms with van der Waals surface area (Å²) in [7, 11) is 0. The van der Waals surface area contributed by atoms with Crippen molar-refractivity contribution in [3.8, 4) is 0 Å². The second-order valence-electron chi connectivity index (χ2n) is 3.86. The molecule has 0 radical (unpaired) electrons. The lowest BCUT2D eigenvalue weighted by atomic mass is 9.87. The number of hydrogen-bond donors (Lipinski definition) is 0. The van der Waals surface area contributed by atoms with E-state index < -0.39 is 0 Å². The number of aliphatic imine (C=N–C) groups is 2. The summed E-state index contributed by atoms with van der Waals surface area (Å²) in [5.74, 6) is -0.126. The quantitative estimate of drug-likeness (QED) is 0.575. The van der Waals surface area contributed by atoms with Crippen LogP contribution in [0.5, 0.6) is 0 Å². The van der Waals surface area contributed by atoms with Crippen LogP contribution in [0.3, 0.4) is 0 Å². The summed E-state index contributed by atoms with van der Waals surface area (Å²) < 4.78 is 0. The molecule has 0 aliphatic carbocycles. The largest absolute Gasteiger partial charge is 0.235 e. The summed E-state index contributed by atoms with van der Waals surface area (Å²) in [6, 6.07) is 9.01. The zero-order chi connectivity index (χ0) is 12.7. The first-order valence-corrected chi connectivity index (χ1v) is 5.39. The SMILES string of the molecule is CC(N=C=O)C(c1ccccc1)C(C)N=C=O. The maximum absolute atomic E-state index is 10.3. The van der Waals surface area contributed by atoms with E-state index in [0.717, 1.165) is 5.56 Å². The highest BCUT2D eigenvalue weighted by Gasteiger charge is 2.25. The van der Waals surface area contributed by atoms with Gasteiger partial charge in [0.05, 0.1) is 12.1 Å². The zero-order valence-electron chi connectivity index (χ0n) is 9.83. The van der Waals surface area contributed by atoms with Gasteiger partial charge in [-0.2, -0.15) is 0 Å². The molecule has 0 aliphatic heterocycles. The van der Waals surface area contributed by atoms with E-state index in [1.807, 2.05) is 30.3 Å². The standard InChI is InChI=1S/C13H14N2O2/c1-10(14-8-16)13(11(2)15-9-17)12-6-4-3-5-7-12/h3-7,10-11,13H,1-2H3. The van der Waals surface area contributed by atoms with Gasteiger partial charge in [-0.25, -0.2) is 19.6 Å². The van der Waals surface area contributed by atoms with Crippen LogP contribution in [0.25, 0.3) is 0 Å². The van der Waals surface area contributed by atoms with E-state index in [1.165, 1.54) is 0 Å². The summed E-state index contributed by atoms with van der Waals surface area (Å²) >= 11 is 0. The number of benzene rings is 1. The lowest BCUT2D eigenvalue weighted by Crippen LogP contribution is -2.23. The number of hydrogen-bond acceptors (Lipinski definition) is 4. The monoisotopic (exact) mass is 230 g/mol. The van der Waals surface area contributed by atoms with Gasteiger partial charge in [-0.05, 0) is 19.4 Å². The molecule has 4 nitrogen and oxygen atoms in total. The summed E-state index contributed by atoms with van der Waals surface area (Å²) in [6.07, 6.45) is 3.10. The van der Waals surface area contributed by atoms with Crippen LogP contribution >= 0.6 is 0 Å². The minimum atomic E-state index is -0.276. The molecule has 0 saturated carbocycles. The van der Waals surface area contributed by atoms with Crippen LogP contribution in [-0.4, -0.2) is 24.2 Å². The Morgan fingerprint density at radius 1 is 0.941 bits per heavy atom. The Bertz CT molecular complexity index is 422. The lowest BCUT2D eigenvalue weighted by Gasteiger charge is -2.23. The van der Waals surface area contributed by atoms with E-state index in [0.29, 0.717) is 0 Å². The van der Waals surface area contributed by atoms with Gasteiger partial charge in [-0.1, -0.05) is 30.3 Å². The third kappa shape index (κ3) is 3.49. The molecule has 0 amide bonds. The molecule has 0 spiro atoms. The van der Waals surface area contributed by atoms with E-state index in [4.69, 9.17) is 0 Å². The Hall–Kier alpha value is -2.02. The fraction of sp³-hybridized carbons (Fsp3) is 0.385. The van der Waals surface area contributed by atoms with Crippen LogP contribution in [0, 0.1) is 0 Å². The molecule has 0 aromatic heterocycles. The summed E-state index contributed by atoms with van der Waals surface area (Å²) in [6.45, 7) is 3.61. The van der Waals surface area contributed by atoms with Gasteiger partial charge < -0.3 is 0 Å². The topological polar surface area (TPSA) is 58.9 Å². The first kappa shape index (κ1) is 13.0. The fourth-order valence-electron chi connectivity index (χ4n) is 1.96. The Kier molecular flexibility index (Phi) is 5.02. The van der Waals surface area contributed by atoms with Crippen molar-refractivity contribution in [1.29, 1.82) is 0 Å². The van der Waals surface area contributed by atoms with Crippen molar-refractivity contribution in [2.24, 2.45) is 9.98 Å². The molecule has 0 aliphatic rings. The van der Waals surface area contributed by atoms with Gasteiger partial charge in [-0.3, -0.25) is 0 Å². The van der Waals surface area contributed by atoms with E-state index in [9.17, 15) is 9.59 Å². The lowest BCUT2D eigenvalue weighted by molar-refractivity contribution is 0.481. The Morgan fingerprint density at radius 2 is 1.41 bits per heavy atom. The van der Waals surface area contributed by atoms with Crippen molar-refractivity contribution in [1.82, 2.24) is 0 Å². The number of isocyanates is 2. The molecule has 88 valence electrons. The van der Waals surface area contributed by atoms with Crippen molar-refractivity contribution in [2.75, 3.05) is 0 Å². The van der Waals surface area contributed by atoms with Crippen molar-refractivity contribution < 1.29 is 9.59 Å². The minimum Gasteiger partial charge on any atom is -0.211 e. The molecule has 2 atom stereocenters. The second kappa shape index (κ2) is 6.54. The molecule has 0 N–H and O–H groups in total. The summed E-state index contributed by atoms with van der Waals surface area (Å²) in [5.41, 5.74) is 0.991. The highest BCUT2D eigenvalue weighted by molar-refractivity contribution is 5.37. The van der Waals surface area contributed by atoms with Crippen molar-refractivity contribution in [3.05, 3.63) is 35.9 Å². The molecule has 1 rings (SSSR count). The first-order valence-electron chi connectivity index (χ1n) is 5.39. The van der Waals surface area contributed by atoms with Crippen molar-refractivity contribution in [2.45, 2.75) is 31.8 Å². The smallest absolute Gasteiger partial charge is 0.211 e. The molecule has 1 aromatic rings.